The Morgan fingerprint density at radius 1 is 1.29 bits per heavy atom. The van der Waals surface area contributed by atoms with Crippen LogP contribution < -0.4 is 5.32 Å². The summed E-state index contributed by atoms with van der Waals surface area (Å²) >= 11 is 6.00. The molecule has 0 radical (unpaired) electrons. The molecule has 1 aromatic rings. The number of anilines is 1. The van der Waals surface area contributed by atoms with E-state index in [1.54, 1.807) is 0 Å². The molecule has 0 bridgehead atoms. The standard InChI is InChI=1S/C18H23ClN4O/c1-11-7-14(22-16(19)20-11)21-13-9-23(10-18(13)3-2-4-18)15(24)12-8-17(12)5-6-17/h7,12-13H,2-6,8-10H2,1H3,(H,20,21,22). The zero-order chi connectivity index (χ0) is 16.5. The molecule has 3 aliphatic carbocycles. The van der Waals surface area contributed by atoms with Gasteiger partial charge in [-0.2, -0.15) is 0 Å². The van der Waals surface area contributed by atoms with Crippen LogP contribution in [0.15, 0.2) is 6.07 Å². The van der Waals surface area contributed by atoms with Crippen molar-refractivity contribution in [1.82, 2.24) is 14.9 Å². The van der Waals surface area contributed by atoms with Crippen molar-refractivity contribution in [3.63, 3.8) is 0 Å². The number of aromatic nitrogens is 2. The molecule has 5 rings (SSSR count). The van der Waals surface area contributed by atoms with E-state index >= 15 is 0 Å². The fourth-order valence-corrected chi connectivity index (χ4v) is 5.11. The van der Waals surface area contributed by atoms with Crippen LogP contribution in [0, 0.1) is 23.7 Å². The summed E-state index contributed by atoms with van der Waals surface area (Å²) in [6, 6.07) is 2.21. The average molecular weight is 347 g/mol. The number of likely N-dealkylation sites (tertiary alicyclic amines) is 1. The molecule has 1 aliphatic heterocycles. The van der Waals surface area contributed by atoms with Crippen LogP contribution in [0.3, 0.4) is 0 Å². The molecule has 6 heteroatoms. The smallest absolute Gasteiger partial charge is 0.226 e. The van der Waals surface area contributed by atoms with Crippen molar-refractivity contribution >= 4 is 23.3 Å². The Hall–Kier alpha value is -1.36. The summed E-state index contributed by atoms with van der Waals surface area (Å²) in [4.78, 5) is 23.4. The third kappa shape index (κ3) is 2.24. The quantitative estimate of drug-likeness (QED) is 0.855. The number of carbonyl (C=O) groups is 1. The van der Waals surface area contributed by atoms with E-state index in [4.69, 9.17) is 11.6 Å². The second kappa shape index (κ2) is 4.84. The Balaban J connectivity index is 1.34. The normalized spacial score (nSPS) is 31.2. The molecule has 2 spiro atoms. The second-order valence-electron chi connectivity index (χ2n) is 8.41. The van der Waals surface area contributed by atoms with Gasteiger partial charge in [-0.05, 0) is 56.0 Å². The molecule has 4 fully saturated rings. The zero-order valence-corrected chi connectivity index (χ0v) is 14.8. The molecule has 1 N–H and O–H groups in total. The van der Waals surface area contributed by atoms with Crippen LogP contribution in [0.4, 0.5) is 5.82 Å². The molecule has 5 nitrogen and oxygen atoms in total. The lowest BCUT2D eigenvalue weighted by Gasteiger charge is -2.42. The largest absolute Gasteiger partial charge is 0.365 e. The lowest BCUT2D eigenvalue weighted by molar-refractivity contribution is -0.132. The summed E-state index contributed by atoms with van der Waals surface area (Å²) in [6.07, 6.45) is 7.32. The van der Waals surface area contributed by atoms with Crippen LogP contribution in [0.1, 0.15) is 44.2 Å². The van der Waals surface area contributed by atoms with Crippen LogP contribution in [-0.2, 0) is 4.79 Å². The number of hydrogen-bond acceptors (Lipinski definition) is 4. The fraction of sp³-hybridized carbons (Fsp3) is 0.722. The topological polar surface area (TPSA) is 58.1 Å². The number of aryl methyl sites for hydroxylation is 1. The molecule has 24 heavy (non-hydrogen) atoms. The molecule has 0 aromatic carbocycles. The van der Waals surface area contributed by atoms with E-state index in [2.05, 4.69) is 20.2 Å². The second-order valence-corrected chi connectivity index (χ2v) is 8.75. The van der Waals surface area contributed by atoms with Gasteiger partial charge in [-0.15, -0.1) is 0 Å². The maximum Gasteiger partial charge on any atom is 0.226 e. The van der Waals surface area contributed by atoms with E-state index < -0.39 is 0 Å². The molecule has 1 saturated heterocycles. The Morgan fingerprint density at radius 2 is 2.08 bits per heavy atom. The van der Waals surface area contributed by atoms with Crippen molar-refractivity contribution in [2.24, 2.45) is 16.7 Å². The maximum absolute atomic E-state index is 12.8. The zero-order valence-electron chi connectivity index (χ0n) is 14.0. The summed E-state index contributed by atoms with van der Waals surface area (Å²) in [5.74, 6) is 1.51. The van der Waals surface area contributed by atoms with Gasteiger partial charge in [-0.1, -0.05) is 6.42 Å². The van der Waals surface area contributed by atoms with Crippen molar-refractivity contribution in [3.05, 3.63) is 17.0 Å². The number of nitrogens with one attached hydrogen (secondary N) is 1. The van der Waals surface area contributed by atoms with Gasteiger partial charge in [0.15, 0.2) is 0 Å². The third-order valence-electron chi connectivity index (χ3n) is 6.84. The third-order valence-corrected chi connectivity index (χ3v) is 7.01. The van der Waals surface area contributed by atoms with Crippen molar-refractivity contribution in [3.8, 4) is 0 Å². The highest BCUT2D eigenvalue weighted by Gasteiger charge is 2.67. The lowest BCUT2D eigenvalue weighted by atomic mass is 9.65. The average Bonchev–Trinajstić information content (AvgIpc) is 3.37. The molecule has 1 aromatic heterocycles. The van der Waals surface area contributed by atoms with E-state index in [0.29, 0.717) is 17.2 Å². The molecule has 2 heterocycles. The van der Waals surface area contributed by atoms with E-state index in [0.717, 1.165) is 31.0 Å². The minimum absolute atomic E-state index is 0.229. The number of nitrogens with zero attached hydrogens (tertiary/aromatic N) is 3. The van der Waals surface area contributed by atoms with Gasteiger partial charge in [0.2, 0.25) is 11.2 Å². The Labute approximate surface area is 147 Å². The fourth-order valence-electron chi connectivity index (χ4n) is 4.89. The summed E-state index contributed by atoms with van der Waals surface area (Å²) in [5.41, 5.74) is 1.53. The molecule has 4 aliphatic rings. The highest BCUT2D eigenvalue weighted by molar-refractivity contribution is 6.28. The van der Waals surface area contributed by atoms with E-state index in [1.165, 1.54) is 32.1 Å². The first kappa shape index (κ1) is 14.9. The van der Waals surface area contributed by atoms with Crippen LogP contribution in [0.5, 0.6) is 0 Å². The summed E-state index contributed by atoms with van der Waals surface area (Å²) < 4.78 is 0. The van der Waals surface area contributed by atoms with E-state index in [9.17, 15) is 4.79 Å². The molecule has 3 saturated carbocycles. The van der Waals surface area contributed by atoms with E-state index in [-0.39, 0.29) is 16.7 Å². The van der Waals surface area contributed by atoms with Crippen LogP contribution in [0.25, 0.3) is 0 Å². The lowest BCUT2D eigenvalue weighted by Crippen LogP contribution is -2.44. The van der Waals surface area contributed by atoms with Gasteiger partial charge in [0, 0.05) is 36.2 Å². The van der Waals surface area contributed by atoms with Gasteiger partial charge in [-0.3, -0.25) is 4.79 Å². The Morgan fingerprint density at radius 3 is 2.67 bits per heavy atom. The van der Waals surface area contributed by atoms with Crippen LogP contribution >= 0.6 is 11.6 Å². The van der Waals surface area contributed by atoms with Gasteiger partial charge in [-0.25, -0.2) is 9.97 Å². The Kier molecular flexibility index (Phi) is 3.01. The number of carbonyl (C=O) groups excluding carboxylic acids is 1. The van der Waals surface area contributed by atoms with Crippen molar-refractivity contribution in [2.45, 2.75) is 51.5 Å². The van der Waals surface area contributed by atoms with Gasteiger partial charge in [0.05, 0.1) is 6.04 Å². The van der Waals surface area contributed by atoms with Gasteiger partial charge in [0.1, 0.15) is 5.82 Å². The van der Waals surface area contributed by atoms with Crippen molar-refractivity contribution in [1.29, 1.82) is 0 Å². The molecule has 2 unspecified atom stereocenters. The maximum atomic E-state index is 12.8. The number of halogens is 1. The molecule has 2 atom stereocenters. The molecule has 128 valence electrons. The first-order valence-electron chi connectivity index (χ1n) is 9.06. The summed E-state index contributed by atoms with van der Waals surface area (Å²) in [5, 5.41) is 3.84. The molecular formula is C18H23ClN4O. The highest BCUT2D eigenvalue weighted by atomic mass is 35.5. The van der Waals surface area contributed by atoms with Crippen molar-refractivity contribution < 1.29 is 4.79 Å². The monoisotopic (exact) mass is 346 g/mol. The number of rotatable bonds is 3. The summed E-state index contributed by atoms with van der Waals surface area (Å²) in [7, 11) is 0. The van der Waals surface area contributed by atoms with Crippen LogP contribution in [0.2, 0.25) is 5.28 Å². The van der Waals surface area contributed by atoms with Crippen molar-refractivity contribution in [2.75, 3.05) is 18.4 Å². The highest BCUT2D eigenvalue weighted by Crippen LogP contribution is 2.71. The predicted molar refractivity (Wildman–Crippen MR) is 91.8 cm³/mol. The molecule has 1 amide bonds. The van der Waals surface area contributed by atoms with Gasteiger partial charge >= 0.3 is 0 Å². The minimum atomic E-state index is 0.229. The minimum Gasteiger partial charge on any atom is -0.365 e. The SMILES string of the molecule is Cc1cc(NC2CN(C(=O)C3CC34CC4)CC23CCC3)nc(Cl)n1. The first-order chi connectivity index (χ1) is 11.5. The number of amides is 1. The molecular weight excluding hydrogens is 324 g/mol. The number of hydrogen-bond donors (Lipinski definition) is 1. The Bertz CT molecular complexity index is 693. The first-order valence-corrected chi connectivity index (χ1v) is 9.44. The van der Waals surface area contributed by atoms with Gasteiger partial charge in [0.25, 0.3) is 0 Å². The summed E-state index contributed by atoms with van der Waals surface area (Å²) in [6.45, 7) is 3.63. The predicted octanol–water partition coefficient (Wildman–Crippen LogP) is 3.03. The van der Waals surface area contributed by atoms with Crippen LogP contribution in [-0.4, -0.2) is 39.9 Å². The van der Waals surface area contributed by atoms with E-state index in [1.807, 2.05) is 13.0 Å². The van der Waals surface area contributed by atoms with Gasteiger partial charge < -0.3 is 10.2 Å².